The van der Waals surface area contributed by atoms with Crippen molar-refractivity contribution in [2.45, 2.75) is 13.0 Å². The summed E-state index contributed by atoms with van der Waals surface area (Å²) < 4.78 is 0. The molecule has 1 aliphatic heterocycles. The summed E-state index contributed by atoms with van der Waals surface area (Å²) in [5.41, 5.74) is 7.65. The molecule has 3 heterocycles. The Kier molecular flexibility index (Phi) is 4.75. The van der Waals surface area contributed by atoms with E-state index in [0.717, 1.165) is 0 Å². The summed E-state index contributed by atoms with van der Waals surface area (Å²) in [4.78, 5) is 48.7. The monoisotopic (exact) mass is 391 g/mol. The normalized spacial score (nSPS) is 16.8. The number of anilines is 1. The number of hydrogen-bond acceptors (Lipinski definition) is 5. The van der Waals surface area contributed by atoms with Gasteiger partial charge in [0.15, 0.2) is 0 Å². The largest absolute Gasteiger partial charge is 0.398 e. The highest BCUT2D eigenvalue weighted by Crippen LogP contribution is 2.24. The van der Waals surface area contributed by atoms with Crippen LogP contribution in [0.2, 0.25) is 0 Å². The van der Waals surface area contributed by atoms with Gasteiger partial charge in [0.1, 0.15) is 5.65 Å². The third-order valence-corrected chi connectivity index (χ3v) is 5.24. The lowest BCUT2D eigenvalue weighted by atomic mass is 10.1. The van der Waals surface area contributed by atoms with Crippen LogP contribution in [0.1, 0.15) is 27.6 Å². The zero-order valence-corrected chi connectivity index (χ0v) is 16.0. The number of Topliss-reactive ketones (excluding diaryl/α,β-unsaturated/α-hetero) is 1. The fourth-order valence-electron chi connectivity index (χ4n) is 3.71. The van der Waals surface area contributed by atoms with E-state index in [9.17, 15) is 14.4 Å². The Morgan fingerprint density at radius 1 is 1.14 bits per heavy atom. The first kappa shape index (κ1) is 18.7. The molecule has 0 unspecified atom stereocenters. The molecule has 1 aliphatic rings. The molecule has 1 aromatic carbocycles. The van der Waals surface area contributed by atoms with Crippen molar-refractivity contribution in [1.29, 1.82) is 0 Å². The van der Waals surface area contributed by atoms with Crippen LogP contribution < -0.4 is 5.73 Å². The van der Waals surface area contributed by atoms with Gasteiger partial charge in [-0.05, 0) is 25.1 Å². The van der Waals surface area contributed by atoms with Crippen molar-refractivity contribution in [3.63, 3.8) is 0 Å². The van der Waals surface area contributed by atoms with Crippen LogP contribution in [0.4, 0.5) is 5.69 Å². The van der Waals surface area contributed by atoms with Gasteiger partial charge < -0.3 is 20.5 Å². The maximum atomic E-state index is 12.9. The quantitative estimate of drug-likeness (QED) is 0.521. The smallest absolute Gasteiger partial charge is 0.295 e. The van der Waals surface area contributed by atoms with Gasteiger partial charge in [-0.3, -0.25) is 14.4 Å². The first-order chi connectivity index (χ1) is 14.0. The predicted molar refractivity (Wildman–Crippen MR) is 108 cm³/mol. The second-order valence-corrected chi connectivity index (χ2v) is 7.12. The minimum atomic E-state index is -0.634. The molecule has 8 heteroatoms. The number of aromatic amines is 1. The van der Waals surface area contributed by atoms with E-state index in [1.807, 2.05) is 25.1 Å². The summed E-state index contributed by atoms with van der Waals surface area (Å²) in [6.45, 7) is 2.86. The standard InChI is InChI=1S/C21H21N5O3/c1-13-12-25(20(28)14-5-3-2-4-6-14)9-10-26(13)21(29)18(27)15-11-24-19-17(15)16(22)7-8-23-19/h2-8,11,13H,9-10,12H2,1H3,(H3,22,23,24)/t13-/m1/s1. The molecule has 2 amide bonds. The number of nitrogen functional groups attached to an aromatic ring is 1. The summed E-state index contributed by atoms with van der Waals surface area (Å²) in [6, 6.07) is 10.3. The number of fused-ring (bicyclic) bond motifs is 1. The SMILES string of the molecule is C[C@@H]1CN(C(=O)c2ccccc2)CCN1C(=O)C(=O)c1c[nH]c2nccc(N)c12. The Bertz CT molecular complexity index is 1090. The van der Waals surface area contributed by atoms with Gasteiger partial charge in [-0.25, -0.2) is 4.98 Å². The van der Waals surface area contributed by atoms with E-state index >= 15 is 0 Å². The van der Waals surface area contributed by atoms with Crippen molar-refractivity contribution in [3.8, 4) is 0 Å². The van der Waals surface area contributed by atoms with Gasteiger partial charge in [0.25, 0.3) is 17.6 Å². The number of carbonyl (C=O) groups excluding carboxylic acids is 3. The van der Waals surface area contributed by atoms with E-state index in [0.29, 0.717) is 41.9 Å². The number of piperazine rings is 1. The van der Waals surface area contributed by atoms with Crippen molar-refractivity contribution < 1.29 is 14.4 Å². The number of benzene rings is 1. The molecule has 0 radical (unpaired) electrons. The van der Waals surface area contributed by atoms with Crippen molar-refractivity contribution in [2.75, 3.05) is 25.4 Å². The Morgan fingerprint density at radius 3 is 2.62 bits per heavy atom. The second-order valence-electron chi connectivity index (χ2n) is 7.12. The third-order valence-electron chi connectivity index (χ3n) is 5.24. The van der Waals surface area contributed by atoms with E-state index in [4.69, 9.17) is 5.73 Å². The molecule has 3 aromatic rings. The predicted octanol–water partition coefficient (Wildman–Crippen LogP) is 1.70. The molecular formula is C21H21N5O3. The highest BCUT2D eigenvalue weighted by atomic mass is 16.2. The summed E-state index contributed by atoms with van der Waals surface area (Å²) in [5, 5.41) is 0.455. The third kappa shape index (κ3) is 3.33. The molecule has 4 rings (SSSR count). The number of pyridine rings is 1. The lowest BCUT2D eigenvalue weighted by Crippen LogP contribution is -2.56. The summed E-state index contributed by atoms with van der Waals surface area (Å²) >= 11 is 0. The average molecular weight is 391 g/mol. The Hall–Kier alpha value is -3.68. The van der Waals surface area contributed by atoms with Gasteiger partial charge >= 0.3 is 0 Å². The molecule has 148 valence electrons. The number of aromatic nitrogens is 2. The van der Waals surface area contributed by atoms with Crippen LogP contribution in [-0.4, -0.2) is 63.0 Å². The zero-order chi connectivity index (χ0) is 20.5. The molecule has 1 atom stereocenters. The van der Waals surface area contributed by atoms with Gasteiger partial charge in [0.2, 0.25) is 0 Å². The van der Waals surface area contributed by atoms with E-state index in [2.05, 4.69) is 9.97 Å². The van der Waals surface area contributed by atoms with Crippen molar-refractivity contribution >= 4 is 34.3 Å². The van der Waals surface area contributed by atoms with Crippen LogP contribution in [0.15, 0.2) is 48.8 Å². The molecule has 3 N–H and O–H groups in total. The average Bonchev–Trinajstić information content (AvgIpc) is 3.18. The zero-order valence-electron chi connectivity index (χ0n) is 16.0. The van der Waals surface area contributed by atoms with E-state index in [-0.39, 0.29) is 17.5 Å². The summed E-state index contributed by atoms with van der Waals surface area (Å²) in [6.07, 6.45) is 3.00. The molecule has 2 aromatic heterocycles. The first-order valence-electron chi connectivity index (χ1n) is 9.38. The van der Waals surface area contributed by atoms with Gasteiger partial charge in [-0.2, -0.15) is 0 Å². The number of rotatable bonds is 3. The van der Waals surface area contributed by atoms with E-state index in [1.165, 1.54) is 17.3 Å². The maximum absolute atomic E-state index is 12.9. The maximum Gasteiger partial charge on any atom is 0.295 e. The Balaban J connectivity index is 1.50. The number of nitrogens with zero attached hydrogens (tertiary/aromatic N) is 3. The van der Waals surface area contributed by atoms with E-state index < -0.39 is 11.7 Å². The number of hydrogen-bond donors (Lipinski definition) is 2. The van der Waals surface area contributed by atoms with Gasteiger partial charge in [-0.1, -0.05) is 18.2 Å². The number of H-pyrrole nitrogens is 1. The van der Waals surface area contributed by atoms with Gasteiger partial charge in [-0.15, -0.1) is 0 Å². The van der Waals surface area contributed by atoms with Crippen molar-refractivity contribution in [1.82, 2.24) is 19.8 Å². The second kappa shape index (κ2) is 7.38. The topological polar surface area (TPSA) is 112 Å². The molecule has 29 heavy (non-hydrogen) atoms. The fourth-order valence-corrected chi connectivity index (χ4v) is 3.71. The highest BCUT2D eigenvalue weighted by molar-refractivity contribution is 6.45. The lowest BCUT2D eigenvalue weighted by Gasteiger charge is -2.39. The highest BCUT2D eigenvalue weighted by Gasteiger charge is 2.34. The molecule has 0 bridgehead atoms. The fraction of sp³-hybridized carbons (Fsp3) is 0.238. The van der Waals surface area contributed by atoms with Gasteiger partial charge in [0, 0.05) is 49.3 Å². The van der Waals surface area contributed by atoms with Crippen LogP contribution in [-0.2, 0) is 4.79 Å². The van der Waals surface area contributed by atoms with Crippen molar-refractivity contribution in [2.24, 2.45) is 0 Å². The van der Waals surface area contributed by atoms with E-state index in [1.54, 1.807) is 23.1 Å². The summed E-state index contributed by atoms with van der Waals surface area (Å²) in [7, 11) is 0. The number of amides is 2. The number of nitrogens with two attached hydrogens (primary N) is 1. The van der Waals surface area contributed by atoms with Crippen molar-refractivity contribution in [3.05, 3.63) is 59.9 Å². The molecule has 8 nitrogen and oxygen atoms in total. The molecular weight excluding hydrogens is 370 g/mol. The minimum absolute atomic E-state index is 0.0775. The molecule has 0 saturated carbocycles. The van der Waals surface area contributed by atoms with Crippen LogP contribution in [0, 0.1) is 0 Å². The van der Waals surface area contributed by atoms with Crippen LogP contribution in [0.5, 0.6) is 0 Å². The van der Waals surface area contributed by atoms with Gasteiger partial charge in [0.05, 0.1) is 10.9 Å². The summed E-state index contributed by atoms with van der Waals surface area (Å²) in [5.74, 6) is -1.31. The van der Waals surface area contributed by atoms with Crippen LogP contribution >= 0.6 is 0 Å². The number of nitrogens with one attached hydrogen (secondary N) is 1. The Labute approximate surface area is 167 Å². The Morgan fingerprint density at radius 2 is 1.90 bits per heavy atom. The number of ketones is 1. The minimum Gasteiger partial charge on any atom is -0.398 e. The lowest BCUT2D eigenvalue weighted by molar-refractivity contribution is -0.130. The van der Waals surface area contributed by atoms with Crippen LogP contribution in [0.25, 0.3) is 11.0 Å². The van der Waals surface area contributed by atoms with Crippen LogP contribution in [0.3, 0.4) is 0 Å². The molecule has 1 saturated heterocycles. The molecule has 1 fully saturated rings. The molecule has 0 spiro atoms. The number of carbonyl (C=O) groups is 3. The molecule has 0 aliphatic carbocycles. The first-order valence-corrected chi connectivity index (χ1v) is 9.38.